The van der Waals surface area contributed by atoms with Gasteiger partial charge in [0.15, 0.2) is 0 Å². The molecule has 94 valence electrons. The van der Waals surface area contributed by atoms with Gasteiger partial charge in [0.2, 0.25) is 0 Å². The van der Waals surface area contributed by atoms with Crippen LogP contribution < -0.4 is 0 Å². The molecule has 0 aromatic carbocycles. The SMILES string of the molecule is CC(C)(C)OC(=O)N1CCCOCC1CO. The highest BCUT2D eigenvalue weighted by Crippen LogP contribution is 2.14. The van der Waals surface area contributed by atoms with E-state index < -0.39 is 5.60 Å². The van der Waals surface area contributed by atoms with E-state index in [1.165, 1.54) is 0 Å². The zero-order chi connectivity index (χ0) is 12.2. The lowest BCUT2D eigenvalue weighted by molar-refractivity contribution is 0.00333. The van der Waals surface area contributed by atoms with Crippen LogP contribution in [0.5, 0.6) is 0 Å². The standard InChI is InChI=1S/C11H21NO4/c1-11(2,3)16-10(14)12-5-4-6-15-8-9(12)7-13/h9,13H,4-8H2,1-3H3. The number of amides is 1. The van der Waals surface area contributed by atoms with Gasteiger partial charge in [-0.2, -0.15) is 0 Å². The Kier molecular flexibility index (Phi) is 4.56. The fourth-order valence-electron chi connectivity index (χ4n) is 1.54. The highest BCUT2D eigenvalue weighted by atomic mass is 16.6. The monoisotopic (exact) mass is 231 g/mol. The topological polar surface area (TPSA) is 59.0 Å². The van der Waals surface area contributed by atoms with Gasteiger partial charge in [-0.3, -0.25) is 0 Å². The molecular formula is C11H21NO4. The van der Waals surface area contributed by atoms with Crippen LogP contribution >= 0.6 is 0 Å². The second-order valence-electron chi connectivity index (χ2n) is 4.94. The van der Waals surface area contributed by atoms with Gasteiger partial charge in [0, 0.05) is 13.2 Å². The van der Waals surface area contributed by atoms with Gasteiger partial charge >= 0.3 is 6.09 Å². The fourth-order valence-corrected chi connectivity index (χ4v) is 1.54. The van der Waals surface area contributed by atoms with Gasteiger partial charge in [-0.1, -0.05) is 0 Å². The lowest BCUT2D eigenvalue weighted by Crippen LogP contribution is -2.46. The molecule has 5 heteroatoms. The largest absolute Gasteiger partial charge is 0.444 e. The van der Waals surface area contributed by atoms with E-state index in [0.717, 1.165) is 6.42 Å². The molecule has 0 saturated carbocycles. The third-order valence-corrected chi connectivity index (χ3v) is 2.28. The van der Waals surface area contributed by atoms with Gasteiger partial charge in [0.1, 0.15) is 5.60 Å². The highest BCUT2D eigenvalue weighted by molar-refractivity contribution is 5.68. The van der Waals surface area contributed by atoms with Crippen LogP contribution in [0.3, 0.4) is 0 Å². The molecule has 16 heavy (non-hydrogen) atoms. The molecule has 1 atom stereocenters. The maximum atomic E-state index is 11.9. The quantitative estimate of drug-likeness (QED) is 0.731. The first-order chi connectivity index (χ1) is 7.44. The Morgan fingerprint density at radius 1 is 1.56 bits per heavy atom. The van der Waals surface area contributed by atoms with Crippen molar-refractivity contribution < 1.29 is 19.4 Å². The van der Waals surface area contributed by atoms with Crippen molar-refractivity contribution in [1.82, 2.24) is 4.90 Å². The van der Waals surface area contributed by atoms with E-state index in [1.54, 1.807) is 4.90 Å². The average molecular weight is 231 g/mol. The lowest BCUT2D eigenvalue weighted by Gasteiger charge is -2.30. The molecule has 0 radical (unpaired) electrons. The predicted octanol–water partition coefficient (Wildman–Crippen LogP) is 1.00. The average Bonchev–Trinajstić information content (AvgIpc) is 2.39. The zero-order valence-corrected chi connectivity index (χ0v) is 10.2. The maximum Gasteiger partial charge on any atom is 0.410 e. The smallest absolute Gasteiger partial charge is 0.410 e. The molecule has 0 bridgehead atoms. The van der Waals surface area contributed by atoms with Crippen LogP contribution in [0, 0.1) is 0 Å². The third-order valence-electron chi connectivity index (χ3n) is 2.28. The number of aliphatic hydroxyl groups is 1. The van der Waals surface area contributed by atoms with Crippen LogP contribution in [0.1, 0.15) is 27.2 Å². The summed E-state index contributed by atoms with van der Waals surface area (Å²) in [6, 6.07) is -0.294. The maximum absolute atomic E-state index is 11.9. The third kappa shape index (κ3) is 3.98. The summed E-state index contributed by atoms with van der Waals surface area (Å²) in [4.78, 5) is 13.4. The Morgan fingerprint density at radius 2 is 2.25 bits per heavy atom. The minimum atomic E-state index is -0.510. The molecule has 0 spiro atoms. The molecule has 1 saturated heterocycles. The Hall–Kier alpha value is -0.810. The van der Waals surface area contributed by atoms with Crippen LogP contribution in [-0.2, 0) is 9.47 Å². The summed E-state index contributed by atoms with van der Waals surface area (Å²) in [7, 11) is 0. The summed E-state index contributed by atoms with van der Waals surface area (Å²) < 4.78 is 10.6. The first-order valence-corrected chi connectivity index (χ1v) is 5.62. The molecule has 1 rings (SSSR count). The van der Waals surface area contributed by atoms with Crippen LogP contribution in [0.25, 0.3) is 0 Å². The summed E-state index contributed by atoms with van der Waals surface area (Å²) in [5.41, 5.74) is -0.510. The van der Waals surface area contributed by atoms with Crippen LogP contribution in [0.2, 0.25) is 0 Å². The summed E-state index contributed by atoms with van der Waals surface area (Å²) in [5, 5.41) is 9.20. The highest BCUT2D eigenvalue weighted by Gasteiger charge is 2.29. The predicted molar refractivity (Wildman–Crippen MR) is 59.2 cm³/mol. The number of aliphatic hydroxyl groups excluding tert-OH is 1. The first kappa shape index (κ1) is 13.3. The Bertz CT molecular complexity index is 237. The van der Waals surface area contributed by atoms with E-state index in [9.17, 15) is 9.90 Å². The van der Waals surface area contributed by atoms with E-state index >= 15 is 0 Å². The van der Waals surface area contributed by atoms with Gasteiger partial charge in [0.25, 0.3) is 0 Å². The number of hydrogen-bond donors (Lipinski definition) is 1. The minimum Gasteiger partial charge on any atom is -0.444 e. The number of hydrogen-bond acceptors (Lipinski definition) is 4. The van der Waals surface area contributed by atoms with Crippen molar-refractivity contribution in [2.45, 2.75) is 38.8 Å². The van der Waals surface area contributed by atoms with E-state index in [2.05, 4.69) is 0 Å². The summed E-state index contributed by atoms with van der Waals surface area (Å²) in [6.07, 6.45) is 0.396. The number of carbonyl (C=O) groups excluding carboxylic acids is 1. The molecule has 0 aromatic heterocycles. The van der Waals surface area contributed by atoms with Gasteiger partial charge in [0.05, 0.1) is 19.3 Å². The van der Waals surface area contributed by atoms with E-state index in [1.807, 2.05) is 20.8 Å². The minimum absolute atomic E-state index is 0.0980. The van der Waals surface area contributed by atoms with Crippen molar-refractivity contribution >= 4 is 6.09 Å². The van der Waals surface area contributed by atoms with Crippen molar-refractivity contribution in [2.24, 2.45) is 0 Å². The molecule has 1 heterocycles. The van der Waals surface area contributed by atoms with Crippen LogP contribution in [0.15, 0.2) is 0 Å². The van der Waals surface area contributed by atoms with Crippen molar-refractivity contribution in [3.05, 3.63) is 0 Å². The van der Waals surface area contributed by atoms with E-state index in [4.69, 9.17) is 9.47 Å². The Labute approximate surface area is 96.3 Å². The molecule has 0 aliphatic carbocycles. The van der Waals surface area contributed by atoms with Crippen molar-refractivity contribution in [3.63, 3.8) is 0 Å². The number of nitrogens with zero attached hydrogens (tertiary/aromatic N) is 1. The summed E-state index contributed by atoms with van der Waals surface area (Å²) in [6.45, 7) is 6.94. The van der Waals surface area contributed by atoms with Crippen molar-refractivity contribution in [3.8, 4) is 0 Å². The number of ether oxygens (including phenoxy) is 2. The molecule has 1 aliphatic heterocycles. The van der Waals surface area contributed by atoms with Crippen LogP contribution in [0.4, 0.5) is 4.79 Å². The van der Waals surface area contributed by atoms with Gasteiger partial charge in [-0.05, 0) is 27.2 Å². The van der Waals surface area contributed by atoms with Gasteiger partial charge < -0.3 is 19.5 Å². The molecule has 1 fully saturated rings. The molecule has 1 aliphatic rings. The van der Waals surface area contributed by atoms with E-state index in [-0.39, 0.29) is 18.7 Å². The van der Waals surface area contributed by atoms with Crippen LogP contribution in [-0.4, -0.2) is 54.1 Å². The second-order valence-corrected chi connectivity index (χ2v) is 4.94. The molecule has 1 amide bonds. The fraction of sp³-hybridized carbons (Fsp3) is 0.909. The normalized spacial score (nSPS) is 22.8. The van der Waals surface area contributed by atoms with E-state index in [0.29, 0.717) is 19.8 Å². The summed E-state index contributed by atoms with van der Waals surface area (Å²) in [5.74, 6) is 0. The van der Waals surface area contributed by atoms with Gasteiger partial charge in [-0.15, -0.1) is 0 Å². The zero-order valence-electron chi connectivity index (χ0n) is 10.2. The van der Waals surface area contributed by atoms with Crippen molar-refractivity contribution in [1.29, 1.82) is 0 Å². The number of carbonyl (C=O) groups is 1. The summed E-state index contributed by atoms with van der Waals surface area (Å²) >= 11 is 0. The first-order valence-electron chi connectivity index (χ1n) is 5.62. The lowest BCUT2D eigenvalue weighted by atomic mass is 10.2. The molecular weight excluding hydrogens is 210 g/mol. The molecule has 1 unspecified atom stereocenters. The molecule has 5 nitrogen and oxygen atoms in total. The molecule has 0 aromatic rings. The van der Waals surface area contributed by atoms with Gasteiger partial charge in [-0.25, -0.2) is 4.79 Å². The molecule has 1 N–H and O–H groups in total. The number of rotatable bonds is 1. The second kappa shape index (κ2) is 5.50. The Balaban J connectivity index is 2.63. The Morgan fingerprint density at radius 3 is 2.81 bits per heavy atom. The van der Waals surface area contributed by atoms with Crippen molar-refractivity contribution in [2.75, 3.05) is 26.4 Å².